The fourth-order valence-electron chi connectivity index (χ4n) is 1.88. The van der Waals surface area contributed by atoms with E-state index in [1.165, 1.54) is 0 Å². The van der Waals surface area contributed by atoms with Gasteiger partial charge in [-0.1, -0.05) is 13.8 Å². The number of nitrogens with one attached hydrogen (secondary N) is 1. The highest BCUT2D eigenvalue weighted by molar-refractivity contribution is 7.98. The maximum absolute atomic E-state index is 12.7. The summed E-state index contributed by atoms with van der Waals surface area (Å²) in [7, 11) is 1.83. The van der Waals surface area contributed by atoms with Crippen molar-refractivity contribution >= 4 is 23.4 Å². The molecule has 0 fully saturated rings. The minimum absolute atomic E-state index is 0.0585. The summed E-state index contributed by atoms with van der Waals surface area (Å²) in [5.74, 6) is 1.74. The van der Waals surface area contributed by atoms with Crippen LogP contribution in [0.15, 0.2) is 6.20 Å². The lowest BCUT2D eigenvalue weighted by molar-refractivity contribution is 0.0752. The van der Waals surface area contributed by atoms with Crippen molar-refractivity contribution in [3.8, 4) is 0 Å². The molecule has 1 aromatic rings. The molecule has 5 nitrogen and oxygen atoms in total. The zero-order chi connectivity index (χ0) is 16.0. The van der Waals surface area contributed by atoms with Crippen molar-refractivity contribution in [2.45, 2.75) is 39.7 Å². The van der Waals surface area contributed by atoms with Crippen molar-refractivity contribution in [2.75, 3.05) is 30.9 Å². The van der Waals surface area contributed by atoms with Crippen LogP contribution in [-0.2, 0) is 0 Å². The number of hydrogen-bond donors (Lipinski definition) is 1. The van der Waals surface area contributed by atoms with Crippen LogP contribution in [0.4, 0.5) is 5.69 Å². The van der Waals surface area contributed by atoms with Crippen molar-refractivity contribution in [2.24, 2.45) is 0 Å². The minimum atomic E-state index is -0.0585. The number of rotatable bonds is 7. The lowest BCUT2D eigenvalue weighted by atomic mass is 10.2. The van der Waals surface area contributed by atoms with Crippen molar-refractivity contribution in [1.29, 1.82) is 0 Å². The quantitative estimate of drug-likeness (QED) is 0.839. The Hall–Kier alpha value is -1.30. The number of hydrogen-bond acceptors (Lipinski definition) is 5. The molecule has 0 radical (unpaired) electrons. The van der Waals surface area contributed by atoms with E-state index in [1.54, 1.807) is 22.9 Å². The van der Waals surface area contributed by atoms with E-state index in [1.807, 2.05) is 41.0 Å². The van der Waals surface area contributed by atoms with E-state index in [2.05, 4.69) is 15.3 Å². The Morgan fingerprint density at radius 1 is 1.43 bits per heavy atom. The first-order valence-electron chi connectivity index (χ1n) is 7.29. The number of aromatic nitrogens is 2. The molecule has 1 amide bonds. The predicted octanol–water partition coefficient (Wildman–Crippen LogP) is 2.86. The van der Waals surface area contributed by atoms with Gasteiger partial charge in [-0.05, 0) is 20.1 Å². The monoisotopic (exact) mass is 310 g/mol. The van der Waals surface area contributed by atoms with Crippen molar-refractivity contribution in [1.82, 2.24) is 14.9 Å². The van der Waals surface area contributed by atoms with Gasteiger partial charge in [0.1, 0.15) is 5.82 Å². The fraction of sp³-hybridized carbons (Fsp3) is 0.667. The fourth-order valence-corrected chi connectivity index (χ4v) is 2.58. The van der Waals surface area contributed by atoms with Crippen LogP contribution in [0.1, 0.15) is 49.9 Å². The summed E-state index contributed by atoms with van der Waals surface area (Å²) in [4.78, 5) is 23.3. The van der Waals surface area contributed by atoms with E-state index in [-0.39, 0.29) is 17.9 Å². The first kappa shape index (κ1) is 17.8. The highest BCUT2D eigenvalue weighted by atomic mass is 32.2. The van der Waals surface area contributed by atoms with Crippen molar-refractivity contribution < 1.29 is 4.79 Å². The predicted molar refractivity (Wildman–Crippen MR) is 90.2 cm³/mol. The molecule has 1 unspecified atom stereocenters. The van der Waals surface area contributed by atoms with E-state index in [4.69, 9.17) is 0 Å². The average Bonchev–Trinajstić information content (AvgIpc) is 2.46. The number of anilines is 1. The molecular weight excluding hydrogens is 284 g/mol. The molecule has 1 rings (SSSR count). The van der Waals surface area contributed by atoms with Gasteiger partial charge in [-0.2, -0.15) is 11.8 Å². The molecule has 0 aliphatic carbocycles. The molecule has 0 bridgehead atoms. The zero-order valence-corrected chi connectivity index (χ0v) is 14.6. The SMILES string of the molecule is CCNc1cnc(C(C)C)nc1C(=O)N(C)C(C)CSC. The molecule has 0 aromatic carbocycles. The molecule has 118 valence electrons. The highest BCUT2D eigenvalue weighted by Gasteiger charge is 2.22. The molecule has 1 N–H and O–H groups in total. The summed E-state index contributed by atoms with van der Waals surface area (Å²) in [6, 6.07) is 0.166. The summed E-state index contributed by atoms with van der Waals surface area (Å²) in [6.07, 6.45) is 3.76. The molecule has 6 heteroatoms. The van der Waals surface area contributed by atoms with Crippen LogP contribution >= 0.6 is 11.8 Å². The lowest BCUT2D eigenvalue weighted by Gasteiger charge is -2.25. The molecule has 0 saturated carbocycles. The first-order valence-corrected chi connectivity index (χ1v) is 8.68. The molecule has 0 saturated heterocycles. The Bertz CT molecular complexity index is 479. The molecule has 0 aliphatic rings. The van der Waals surface area contributed by atoms with Crippen LogP contribution in [0.3, 0.4) is 0 Å². The number of nitrogens with zero attached hydrogens (tertiary/aromatic N) is 3. The normalized spacial score (nSPS) is 12.3. The molecule has 1 aromatic heterocycles. The van der Waals surface area contributed by atoms with Gasteiger partial charge in [-0.25, -0.2) is 9.97 Å². The Kier molecular flexibility index (Phi) is 6.95. The van der Waals surface area contributed by atoms with E-state index in [9.17, 15) is 4.79 Å². The summed E-state index contributed by atoms with van der Waals surface area (Å²) in [5.41, 5.74) is 1.17. The van der Waals surface area contributed by atoms with Crippen LogP contribution in [-0.4, -0.2) is 52.4 Å². The van der Waals surface area contributed by atoms with Crippen molar-refractivity contribution in [3.05, 3.63) is 17.7 Å². The summed E-state index contributed by atoms with van der Waals surface area (Å²) >= 11 is 1.73. The maximum atomic E-state index is 12.7. The van der Waals surface area contributed by atoms with Gasteiger partial charge in [0.25, 0.3) is 5.91 Å². The van der Waals surface area contributed by atoms with Crippen LogP contribution in [0.25, 0.3) is 0 Å². The topological polar surface area (TPSA) is 58.1 Å². The van der Waals surface area contributed by atoms with Crippen LogP contribution < -0.4 is 5.32 Å². The second-order valence-electron chi connectivity index (χ2n) is 5.40. The summed E-state index contributed by atoms with van der Waals surface area (Å²) < 4.78 is 0. The largest absolute Gasteiger partial charge is 0.382 e. The third-order valence-electron chi connectivity index (χ3n) is 3.28. The van der Waals surface area contributed by atoms with Gasteiger partial charge in [0.2, 0.25) is 0 Å². The van der Waals surface area contributed by atoms with Crippen LogP contribution in [0.5, 0.6) is 0 Å². The molecule has 1 atom stereocenters. The van der Waals surface area contributed by atoms with Gasteiger partial charge >= 0.3 is 0 Å². The van der Waals surface area contributed by atoms with Crippen LogP contribution in [0, 0.1) is 0 Å². The third kappa shape index (κ3) is 4.59. The number of carbonyl (C=O) groups excluding carboxylic acids is 1. The number of amides is 1. The molecule has 1 heterocycles. The average molecular weight is 310 g/mol. The van der Waals surface area contributed by atoms with Crippen LogP contribution in [0.2, 0.25) is 0 Å². The summed E-state index contributed by atoms with van der Waals surface area (Å²) in [6.45, 7) is 8.82. The zero-order valence-electron chi connectivity index (χ0n) is 13.8. The first-order chi connectivity index (χ1) is 9.92. The Labute approximate surface area is 131 Å². The van der Waals surface area contributed by atoms with Crippen molar-refractivity contribution in [3.63, 3.8) is 0 Å². The van der Waals surface area contributed by atoms with Gasteiger partial charge in [0.05, 0.1) is 11.9 Å². The lowest BCUT2D eigenvalue weighted by Crippen LogP contribution is -2.37. The van der Waals surface area contributed by atoms with Gasteiger partial charge in [0.15, 0.2) is 5.69 Å². The van der Waals surface area contributed by atoms with E-state index in [0.29, 0.717) is 17.2 Å². The second kappa shape index (κ2) is 8.22. The van der Waals surface area contributed by atoms with E-state index < -0.39 is 0 Å². The van der Waals surface area contributed by atoms with Gasteiger partial charge in [0, 0.05) is 31.3 Å². The molecule has 0 aliphatic heterocycles. The second-order valence-corrected chi connectivity index (χ2v) is 6.31. The smallest absolute Gasteiger partial charge is 0.274 e. The summed E-state index contributed by atoms with van der Waals surface area (Å²) in [5, 5.41) is 3.17. The Balaban J connectivity index is 3.12. The van der Waals surface area contributed by atoms with E-state index >= 15 is 0 Å². The standard InChI is InChI=1S/C15H26N4OS/c1-7-16-12-8-17-14(10(2)3)18-13(12)15(20)19(5)11(4)9-21-6/h8,10-11,16H,7,9H2,1-6H3. The Morgan fingerprint density at radius 3 is 2.62 bits per heavy atom. The minimum Gasteiger partial charge on any atom is -0.382 e. The third-order valence-corrected chi connectivity index (χ3v) is 4.10. The molecular formula is C15H26N4OS. The van der Waals surface area contributed by atoms with Gasteiger partial charge in [-0.3, -0.25) is 4.79 Å². The molecule has 21 heavy (non-hydrogen) atoms. The Morgan fingerprint density at radius 2 is 2.10 bits per heavy atom. The van der Waals surface area contributed by atoms with Gasteiger partial charge in [-0.15, -0.1) is 0 Å². The number of carbonyl (C=O) groups is 1. The highest BCUT2D eigenvalue weighted by Crippen LogP contribution is 2.19. The molecule has 0 spiro atoms. The number of thioether (sulfide) groups is 1. The van der Waals surface area contributed by atoms with Gasteiger partial charge < -0.3 is 10.2 Å². The van der Waals surface area contributed by atoms with E-state index in [0.717, 1.165) is 12.3 Å². The maximum Gasteiger partial charge on any atom is 0.274 e.